The number of hydrogen-bond donors (Lipinski definition) is 1. The number of rotatable bonds is 5. The lowest BCUT2D eigenvalue weighted by Gasteiger charge is -2.12. The summed E-state index contributed by atoms with van der Waals surface area (Å²) in [5.41, 5.74) is 1.81. The fourth-order valence-corrected chi connectivity index (χ4v) is 2.83. The summed E-state index contributed by atoms with van der Waals surface area (Å²) in [6, 6.07) is 11.9. The third kappa shape index (κ3) is 3.37. The van der Waals surface area contributed by atoms with Gasteiger partial charge in [0.2, 0.25) is 0 Å². The summed E-state index contributed by atoms with van der Waals surface area (Å²) >= 11 is 6.08. The van der Waals surface area contributed by atoms with E-state index in [0.29, 0.717) is 45.3 Å². The Morgan fingerprint density at radius 2 is 2.00 bits per heavy atom. The number of hydrogen-bond acceptors (Lipinski definition) is 4. The monoisotopic (exact) mass is 357 g/mol. The molecule has 0 spiro atoms. The number of aromatic carboxylic acids is 1. The topological polar surface area (TPSA) is 68.7 Å². The molecule has 3 rings (SSSR count). The number of methoxy groups -OCH3 is 1. The molecule has 1 aromatic heterocycles. The van der Waals surface area contributed by atoms with Crippen LogP contribution in [0.5, 0.6) is 11.5 Å². The van der Waals surface area contributed by atoms with E-state index < -0.39 is 5.97 Å². The van der Waals surface area contributed by atoms with Crippen LogP contribution < -0.4 is 9.47 Å². The lowest BCUT2D eigenvalue weighted by molar-refractivity contribution is 0.0699. The van der Waals surface area contributed by atoms with Gasteiger partial charge >= 0.3 is 5.97 Å². The van der Waals surface area contributed by atoms with Crippen molar-refractivity contribution in [3.63, 3.8) is 0 Å². The highest BCUT2D eigenvalue weighted by atomic mass is 35.5. The third-order valence-corrected chi connectivity index (χ3v) is 3.99. The number of benzene rings is 2. The molecule has 6 heteroatoms. The van der Waals surface area contributed by atoms with Gasteiger partial charge in [0.1, 0.15) is 11.5 Å². The van der Waals surface area contributed by atoms with Gasteiger partial charge in [-0.15, -0.1) is 0 Å². The minimum Gasteiger partial charge on any atom is -0.496 e. The van der Waals surface area contributed by atoms with E-state index in [9.17, 15) is 9.90 Å². The van der Waals surface area contributed by atoms with E-state index in [1.807, 2.05) is 6.92 Å². The molecular weight excluding hydrogens is 342 g/mol. The number of aromatic nitrogens is 1. The lowest BCUT2D eigenvalue weighted by Crippen LogP contribution is -2.01. The average molecular weight is 358 g/mol. The fourth-order valence-electron chi connectivity index (χ4n) is 2.66. The van der Waals surface area contributed by atoms with Gasteiger partial charge in [0, 0.05) is 16.0 Å². The van der Waals surface area contributed by atoms with Gasteiger partial charge in [-0.05, 0) is 49.4 Å². The maximum atomic E-state index is 11.8. The van der Waals surface area contributed by atoms with Gasteiger partial charge in [0.15, 0.2) is 0 Å². The van der Waals surface area contributed by atoms with Crippen LogP contribution in [0.3, 0.4) is 0 Å². The summed E-state index contributed by atoms with van der Waals surface area (Å²) in [6.07, 6.45) is 0. The minimum atomic E-state index is -1.04. The van der Waals surface area contributed by atoms with Crippen LogP contribution in [-0.4, -0.2) is 29.8 Å². The van der Waals surface area contributed by atoms with Gasteiger partial charge in [-0.2, -0.15) is 0 Å². The Morgan fingerprint density at radius 3 is 2.68 bits per heavy atom. The van der Waals surface area contributed by atoms with Crippen LogP contribution in [0.4, 0.5) is 0 Å². The first-order valence-electron chi connectivity index (χ1n) is 7.68. The van der Waals surface area contributed by atoms with Crippen molar-refractivity contribution in [3.05, 3.63) is 53.1 Å². The van der Waals surface area contributed by atoms with Crippen molar-refractivity contribution in [2.24, 2.45) is 0 Å². The lowest BCUT2D eigenvalue weighted by atomic mass is 10.0. The van der Waals surface area contributed by atoms with E-state index in [4.69, 9.17) is 21.1 Å². The Balaban J connectivity index is 2.26. The normalized spacial score (nSPS) is 10.7. The summed E-state index contributed by atoms with van der Waals surface area (Å²) in [7, 11) is 1.54. The van der Waals surface area contributed by atoms with Crippen molar-refractivity contribution < 1.29 is 19.4 Å². The number of carboxylic acid groups (broad SMARTS) is 1. The Labute approximate surface area is 149 Å². The molecular formula is C19H16ClNO4. The number of ether oxygens (including phenoxy) is 2. The van der Waals surface area contributed by atoms with Crippen LogP contribution in [0.2, 0.25) is 5.02 Å². The highest BCUT2D eigenvalue weighted by molar-refractivity contribution is 6.31. The van der Waals surface area contributed by atoms with Gasteiger partial charge in [0.05, 0.1) is 30.5 Å². The molecule has 3 aromatic rings. The molecule has 0 aliphatic heterocycles. The van der Waals surface area contributed by atoms with Crippen molar-refractivity contribution in [1.82, 2.24) is 4.98 Å². The second-order valence-electron chi connectivity index (χ2n) is 5.32. The van der Waals surface area contributed by atoms with Gasteiger partial charge in [-0.1, -0.05) is 11.6 Å². The second kappa shape index (κ2) is 6.99. The average Bonchev–Trinajstić information content (AvgIpc) is 2.61. The second-order valence-corrected chi connectivity index (χ2v) is 5.75. The molecule has 25 heavy (non-hydrogen) atoms. The molecule has 2 aromatic carbocycles. The smallest absolute Gasteiger partial charge is 0.336 e. The van der Waals surface area contributed by atoms with Crippen LogP contribution in [-0.2, 0) is 0 Å². The van der Waals surface area contributed by atoms with E-state index in [1.54, 1.807) is 43.5 Å². The summed E-state index contributed by atoms with van der Waals surface area (Å²) in [5.74, 6) is 0.134. The molecule has 0 atom stereocenters. The Hall–Kier alpha value is -2.79. The first kappa shape index (κ1) is 17.0. The Kier molecular flexibility index (Phi) is 4.76. The standard InChI is InChI=1S/C19H16ClNO4/c1-3-25-12-5-6-16-13(9-12)14(19(22)23)10-17(21-16)15-8-11(20)4-7-18(15)24-2/h4-10H,3H2,1-2H3,(H,22,23). The molecule has 0 saturated heterocycles. The van der Waals surface area contributed by atoms with Crippen LogP contribution >= 0.6 is 11.6 Å². The molecule has 0 aliphatic carbocycles. The highest BCUT2D eigenvalue weighted by Gasteiger charge is 2.16. The number of carboxylic acids is 1. The Bertz CT molecular complexity index is 956. The van der Waals surface area contributed by atoms with Crippen LogP contribution in [0.25, 0.3) is 22.2 Å². The zero-order valence-electron chi connectivity index (χ0n) is 13.7. The molecule has 0 unspecified atom stereocenters. The fraction of sp³-hybridized carbons (Fsp3) is 0.158. The SMILES string of the molecule is CCOc1ccc2nc(-c3cc(Cl)ccc3OC)cc(C(=O)O)c2c1. The van der Waals surface area contributed by atoms with Gasteiger partial charge < -0.3 is 14.6 Å². The van der Waals surface area contributed by atoms with E-state index in [2.05, 4.69) is 4.98 Å². The maximum absolute atomic E-state index is 11.8. The predicted molar refractivity (Wildman–Crippen MR) is 96.9 cm³/mol. The number of pyridine rings is 1. The minimum absolute atomic E-state index is 0.142. The molecule has 0 radical (unpaired) electrons. The van der Waals surface area contributed by atoms with E-state index in [-0.39, 0.29) is 5.56 Å². The molecule has 0 fully saturated rings. The van der Waals surface area contributed by atoms with Crippen molar-refractivity contribution in [2.75, 3.05) is 13.7 Å². The molecule has 1 N–H and O–H groups in total. The molecule has 5 nitrogen and oxygen atoms in total. The third-order valence-electron chi connectivity index (χ3n) is 3.76. The molecule has 0 aliphatic rings. The number of fused-ring (bicyclic) bond motifs is 1. The quantitative estimate of drug-likeness (QED) is 0.719. The van der Waals surface area contributed by atoms with Crippen LogP contribution in [0, 0.1) is 0 Å². The van der Waals surface area contributed by atoms with Crippen molar-refractivity contribution >= 4 is 28.5 Å². The van der Waals surface area contributed by atoms with Gasteiger partial charge in [0.25, 0.3) is 0 Å². The number of carbonyl (C=O) groups is 1. The van der Waals surface area contributed by atoms with Crippen LogP contribution in [0.15, 0.2) is 42.5 Å². The van der Waals surface area contributed by atoms with E-state index in [1.165, 1.54) is 6.07 Å². The summed E-state index contributed by atoms with van der Waals surface area (Å²) in [4.78, 5) is 16.3. The maximum Gasteiger partial charge on any atom is 0.336 e. The first-order valence-corrected chi connectivity index (χ1v) is 8.06. The largest absolute Gasteiger partial charge is 0.496 e. The van der Waals surface area contributed by atoms with Crippen molar-refractivity contribution in [1.29, 1.82) is 0 Å². The zero-order chi connectivity index (χ0) is 18.0. The summed E-state index contributed by atoms with van der Waals surface area (Å²) < 4.78 is 10.8. The molecule has 0 amide bonds. The van der Waals surface area contributed by atoms with Gasteiger partial charge in [-0.25, -0.2) is 9.78 Å². The van der Waals surface area contributed by atoms with E-state index in [0.717, 1.165) is 0 Å². The number of halogens is 1. The number of nitrogens with zero attached hydrogens (tertiary/aromatic N) is 1. The van der Waals surface area contributed by atoms with Crippen molar-refractivity contribution in [2.45, 2.75) is 6.92 Å². The molecule has 128 valence electrons. The molecule has 0 bridgehead atoms. The first-order chi connectivity index (χ1) is 12.0. The van der Waals surface area contributed by atoms with E-state index >= 15 is 0 Å². The molecule has 1 heterocycles. The van der Waals surface area contributed by atoms with Crippen LogP contribution in [0.1, 0.15) is 17.3 Å². The zero-order valence-corrected chi connectivity index (χ0v) is 14.5. The Morgan fingerprint density at radius 1 is 1.20 bits per heavy atom. The van der Waals surface area contributed by atoms with Crippen molar-refractivity contribution in [3.8, 4) is 22.8 Å². The molecule has 0 saturated carbocycles. The summed E-state index contributed by atoms with van der Waals surface area (Å²) in [5, 5.41) is 10.7. The summed E-state index contributed by atoms with van der Waals surface area (Å²) in [6.45, 7) is 2.37. The highest BCUT2D eigenvalue weighted by Crippen LogP contribution is 2.34. The van der Waals surface area contributed by atoms with Gasteiger partial charge in [-0.3, -0.25) is 0 Å². The predicted octanol–water partition coefficient (Wildman–Crippen LogP) is 4.66.